The summed E-state index contributed by atoms with van der Waals surface area (Å²) in [7, 11) is 0. The molecule has 2 aromatic rings. The molecule has 2 rings (SSSR count). The Morgan fingerprint density at radius 1 is 1.13 bits per heavy atom. The van der Waals surface area contributed by atoms with Crippen molar-refractivity contribution in [2.24, 2.45) is 0 Å². The third kappa shape index (κ3) is 1.95. The van der Waals surface area contributed by atoms with Crippen LogP contribution in [0.3, 0.4) is 0 Å². The number of imidazole rings is 1. The number of halogens is 3. The Labute approximate surface area is 82.2 Å². The van der Waals surface area contributed by atoms with Crippen molar-refractivity contribution in [1.29, 1.82) is 0 Å². The number of H-pyrrole nitrogens is 1. The lowest BCUT2D eigenvalue weighted by atomic mass is 10.4. The molecular formula is C8H5F3N4. The van der Waals surface area contributed by atoms with Crippen molar-refractivity contribution in [2.45, 2.75) is 6.18 Å². The molecule has 0 bridgehead atoms. The molecule has 15 heavy (non-hydrogen) atoms. The first-order chi connectivity index (χ1) is 7.07. The Morgan fingerprint density at radius 2 is 1.93 bits per heavy atom. The molecule has 0 aromatic carbocycles. The summed E-state index contributed by atoms with van der Waals surface area (Å²) in [6.07, 6.45) is -0.550. The molecule has 4 nitrogen and oxygen atoms in total. The first-order valence-electron chi connectivity index (χ1n) is 3.97. The van der Waals surface area contributed by atoms with Gasteiger partial charge in [-0.15, -0.1) is 0 Å². The zero-order valence-corrected chi connectivity index (χ0v) is 7.28. The van der Waals surface area contributed by atoms with Gasteiger partial charge in [0.1, 0.15) is 5.69 Å². The minimum atomic E-state index is -4.54. The van der Waals surface area contributed by atoms with Gasteiger partial charge in [-0.25, -0.2) is 15.0 Å². The van der Waals surface area contributed by atoms with Gasteiger partial charge in [-0.05, 0) is 6.07 Å². The van der Waals surface area contributed by atoms with E-state index in [1.165, 1.54) is 18.5 Å². The third-order valence-corrected chi connectivity index (χ3v) is 1.65. The number of hydrogen-bond acceptors (Lipinski definition) is 3. The van der Waals surface area contributed by atoms with Crippen LogP contribution in [0.25, 0.3) is 11.5 Å². The van der Waals surface area contributed by atoms with Crippen LogP contribution in [0.5, 0.6) is 0 Å². The summed E-state index contributed by atoms with van der Waals surface area (Å²) in [5.41, 5.74) is 0.113. The number of nitrogens with zero attached hydrogens (tertiary/aromatic N) is 3. The molecule has 0 fully saturated rings. The van der Waals surface area contributed by atoms with Crippen molar-refractivity contribution in [3.8, 4) is 11.5 Å². The first-order valence-corrected chi connectivity index (χ1v) is 3.97. The Morgan fingerprint density at radius 3 is 2.53 bits per heavy atom. The van der Waals surface area contributed by atoms with E-state index < -0.39 is 12.0 Å². The molecule has 2 aromatic heterocycles. The maximum absolute atomic E-state index is 12.3. The molecule has 0 amide bonds. The van der Waals surface area contributed by atoms with E-state index in [2.05, 4.69) is 19.9 Å². The fourth-order valence-electron chi connectivity index (χ4n) is 1.03. The van der Waals surface area contributed by atoms with Gasteiger partial charge in [0.15, 0.2) is 5.82 Å². The molecule has 0 aliphatic carbocycles. The molecule has 0 unspecified atom stereocenters. The Hall–Kier alpha value is -1.92. The molecule has 1 N–H and O–H groups in total. The monoisotopic (exact) mass is 214 g/mol. The average molecular weight is 214 g/mol. The molecule has 0 atom stereocenters. The molecule has 0 radical (unpaired) electrons. The Balaban J connectivity index is 2.44. The van der Waals surface area contributed by atoms with Gasteiger partial charge < -0.3 is 4.98 Å². The lowest BCUT2D eigenvalue weighted by molar-refractivity contribution is -0.144. The van der Waals surface area contributed by atoms with Crippen LogP contribution >= 0.6 is 0 Å². The van der Waals surface area contributed by atoms with Gasteiger partial charge in [0.05, 0.1) is 0 Å². The van der Waals surface area contributed by atoms with Crippen molar-refractivity contribution in [2.75, 3.05) is 0 Å². The van der Waals surface area contributed by atoms with Crippen molar-refractivity contribution >= 4 is 0 Å². The zero-order valence-electron chi connectivity index (χ0n) is 7.28. The molecule has 2 heterocycles. The van der Waals surface area contributed by atoms with Crippen LogP contribution in [0.2, 0.25) is 0 Å². The molecule has 0 spiro atoms. The Kier molecular flexibility index (Phi) is 2.14. The first kappa shape index (κ1) is 9.63. The van der Waals surface area contributed by atoms with Crippen LogP contribution in [0, 0.1) is 0 Å². The quantitative estimate of drug-likeness (QED) is 0.788. The smallest absolute Gasteiger partial charge is 0.343 e. The van der Waals surface area contributed by atoms with Crippen molar-refractivity contribution < 1.29 is 13.2 Å². The highest BCUT2D eigenvalue weighted by Crippen LogP contribution is 2.26. The van der Waals surface area contributed by atoms with E-state index in [0.29, 0.717) is 0 Å². The minimum absolute atomic E-state index is 0.113. The number of aromatic amines is 1. The highest BCUT2D eigenvalue weighted by atomic mass is 19.4. The highest BCUT2D eigenvalue weighted by Gasteiger charge is 2.34. The topological polar surface area (TPSA) is 54.5 Å². The van der Waals surface area contributed by atoms with E-state index in [0.717, 1.165) is 6.20 Å². The third-order valence-electron chi connectivity index (χ3n) is 1.65. The van der Waals surface area contributed by atoms with E-state index in [1.807, 2.05) is 0 Å². The van der Waals surface area contributed by atoms with Gasteiger partial charge in [0.2, 0.25) is 5.82 Å². The summed E-state index contributed by atoms with van der Waals surface area (Å²) < 4.78 is 36.8. The van der Waals surface area contributed by atoms with Crippen molar-refractivity contribution in [3.63, 3.8) is 0 Å². The van der Waals surface area contributed by atoms with E-state index in [4.69, 9.17) is 0 Å². The second kappa shape index (κ2) is 3.34. The number of alkyl halides is 3. The number of hydrogen-bond donors (Lipinski definition) is 1. The molecule has 0 saturated carbocycles. The molecule has 78 valence electrons. The minimum Gasteiger partial charge on any atom is -0.343 e. The molecule has 0 aliphatic heterocycles. The number of rotatable bonds is 1. The molecule has 0 saturated heterocycles. The summed E-state index contributed by atoms with van der Waals surface area (Å²) in [5.74, 6) is -0.890. The largest absolute Gasteiger partial charge is 0.451 e. The van der Waals surface area contributed by atoms with Gasteiger partial charge in [-0.2, -0.15) is 13.2 Å². The van der Waals surface area contributed by atoms with Gasteiger partial charge in [0, 0.05) is 18.6 Å². The molecular weight excluding hydrogens is 209 g/mol. The summed E-state index contributed by atoms with van der Waals surface area (Å²) in [5, 5.41) is 0. The Bertz CT molecular complexity index is 449. The second-order valence-corrected chi connectivity index (χ2v) is 2.70. The lowest BCUT2D eigenvalue weighted by Gasteiger charge is -2.04. The zero-order chi connectivity index (χ0) is 10.9. The van der Waals surface area contributed by atoms with E-state index >= 15 is 0 Å². The van der Waals surface area contributed by atoms with Gasteiger partial charge in [0.25, 0.3) is 0 Å². The van der Waals surface area contributed by atoms with Crippen molar-refractivity contribution in [3.05, 3.63) is 30.5 Å². The molecule has 7 heteroatoms. The van der Waals surface area contributed by atoms with Crippen LogP contribution < -0.4 is 0 Å². The van der Waals surface area contributed by atoms with E-state index in [1.54, 1.807) is 0 Å². The summed E-state index contributed by atoms with van der Waals surface area (Å²) in [6.45, 7) is 0. The average Bonchev–Trinajstić information content (AvgIpc) is 2.69. The van der Waals surface area contributed by atoms with Gasteiger partial charge >= 0.3 is 6.18 Å². The van der Waals surface area contributed by atoms with Crippen LogP contribution in [0.15, 0.2) is 24.7 Å². The second-order valence-electron chi connectivity index (χ2n) is 2.70. The van der Waals surface area contributed by atoms with Crippen LogP contribution in [0.4, 0.5) is 13.2 Å². The SMILES string of the molecule is FC(F)(F)c1nccc(-c2ncc[nH]2)n1. The summed E-state index contributed by atoms with van der Waals surface area (Å²) in [6, 6.07) is 1.36. The standard InChI is InChI=1S/C8H5F3N4/c9-8(10,11)7-14-2-1-5(15-7)6-12-3-4-13-6/h1-4H,(H,12,13). The normalized spacial score (nSPS) is 11.7. The predicted molar refractivity (Wildman–Crippen MR) is 44.6 cm³/mol. The lowest BCUT2D eigenvalue weighted by Crippen LogP contribution is -2.11. The fraction of sp³-hybridized carbons (Fsp3) is 0.125. The van der Waals surface area contributed by atoms with Crippen molar-refractivity contribution in [1.82, 2.24) is 19.9 Å². The van der Waals surface area contributed by atoms with Crippen LogP contribution in [0.1, 0.15) is 5.82 Å². The maximum atomic E-state index is 12.3. The fourth-order valence-corrected chi connectivity index (χ4v) is 1.03. The van der Waals surface area contributed by atoms with Crippen LogP contribution in [-0.4, -0.2) is 19.9 Å². The van der Waals surface area contributed by atoms with Crippen LogP contribution in [-0.2, 0) is 6.18 Å². The predicted octanol–water partition coefficient (Wildman–Crippen LogP) is 1.89. The number of aromatic nitrogens is 4. The van der Waals surface area contributed by atoms with Gasteiger partial charge in [-0.3, -0.25) is 0 Å². The van der Waals surface area contributed by atoms with E-state index in [9.17, 15) is 13.2 Å². The maximum Gasteiger partial charge on any atom is 0.451 e. The summed E-state index contributed by atoms with van der Waals surface area (Å²) >= 11 is 0. The highest BCUT2D eigenvalue weighted by molar-refractivity contribution is 5.47. The van der Waals surface area contributed by atoms with Gasteiger partial charge in [-0.1, -0.05) is 0 Å². The number of nitrogens with one attached hydrogen (secondary N) is 1. The van der Waals surface area contributed by atoms with E-state index in [-0.39, 0.29) is 11.5 Å². The molecule has 0 aliphatic rings. The summed E-state index contributed by atoms with van der Waals surface area (Å²) in [4.78, 5) is 13.0.